The summed E-state index contributed by atoms with van der Waals surface area (Å²) in [5.74, 6) is -0.899. The monoisotopic (exact) mass is 416 g/mol. The summed E-state index contributed by atoms with van der Waals surface area (Å²) in [6, 6.07) is 12.3. The molecule has 0 saturated carbocycles. The molecule has 20 heavy (non-hydrogen) atoms. The summed E-state index contributed by atoms with van der Waals surface area (Å²) in [6.07, 6.45) is 0. The lowest BCUT2D eigenvalue weighted by molar-refractivity contribution is 0.583. The van der Waals surface area contributed by atoms with Crippen LogP contribution in [0.5, 0.6) is 0 Å². The van der Waals surface area contributed by atoms with Gasteiger partial charge >= 0.3 is 0 Å². The highest BCUT2D eigenvalue weighted by molar-refractivity contribution is 9.10. The molecule has 0 fully saturated rings. The predicted molar refractivity (Wildman–Crippen MR) is 86.7 cm³/mol. The average Bonchev–Trinajstić information content (AvgIpc) is 2.86. The summed E-state index contributed by atoms with van der Waals surface area (Å²) in [4.78, 5) is 0.592. The minimum absolute atomic E-state index is 0.134. The van der Waals surface area contributed by atoms with Gasteiger partial charge in [0.25, 0.3) is 0 Å². The fraction of sp³-hybridized carbons (Fsp3) is 0.0667. The molecule has 1 atom stereocenters. The van der Waals surface area contributed by atoms with Crippen LogP contribution in [0.4, 0.5) is 8.78 Å². The van der Waals surface area contributed by atoms with Gasteiger partial charge < -0.3 is 0 Å². The number of hydrogen-bond acceptors (Lipinski definition) is 1. The molecule has 0 nitrogen and oxygen atoms in total. The van der Waals surface area contributed by atoms with E-state index in [2.05, 4.69) is 31.9 Å². The maximum atomic E-state index is 14.0. The Morgan fingerprint density at radius 1 is 1.00 bits per heavy atom. The highest BCUT2D eigenvalue weighted by Gasteiger charge is 2.19. The molecule has 3 aromatic rings. The van der Waals surface area contributed by atoms with Crippen molar-refractivity contribution in [3.63, 3.8) is 0 Å². The van der Waals surface area contributed by atoms with Gasteiger partial charge in [-0.25, -0.2) is 8.78 Å². The molecule has 1 aromatic heterocycles. The molecule has 0 spiro atoms. The van der Waals surface area contributed by atoms with E-state index in [0.29, 0.717) is 5.56 Å². The molecule has 0 bridgehead atoms. The van der Waals surface area contributed by atoms with E-state index in [-0.39, 0.29) is 9.30 Å². The number of benzene rings is 2. The summed E-state index contributed by atoms with van der Waals surface area (Å²) >= 11 is 8.03. The molecule has 0 aliphatic rings. The molecule has 2 aromatic carbocycles. The maximum Gasteiger partial charge on any atom is 0.137 e. The number of hydrogen-bond donors (Lipinski definition) is 0. The first-order valence-electron chi connectivity index (χ1n) is 5.83. The van der Waals surface area contributed by atoms with Crippen LogP contribution in [0.15, 0.2) is 46.9 Å². The average molecular weight is 418 g/mol. The SMILES string of the molecule is Fc1cc(C(Br)c2cc3ccccc3s2)c(F)cc1Br. The zero-order chi connectivity index (χ0) is 14.3. The van der Waals surface area contributed by atoms with Gasteiger partial charge in [0.1, 0.15) is 11.6 Å². The van der Waals surface area contributed by atoms with Crippen molar-refractivity contribution in [2.45, 2.75) is 4.83 Å². The van der Waals surface area contributed by atoms with Gasteiger partial charge in [0.05, 0.1) is 9.30 Å². The van der Waals surface area contributed by atoms with Gasteiger partial charge in [0.2, 0.25) is 0 Å². The standard InChI is InChI=1S/C15H8Br2F2S/c16-10-7-11(18)9(6-12(10)19)15(17)14-5-8-3-1-2-4-13(8)20-14/h1-7,15H. The fourth-order valence-corrected chi connectivity index (χ4v) is 4.15. The van der Waals surface area contributed by atoms with Crippen molar-refractivity contribution in [2.75, 3.05) is 0 Å². The highest BCUT2D eigenvalue weighted by Crippen LogP contribution is 2.40. The second-order valence-electron chi connectivity index (χ2n) is 4.34. The van der Waals surface area contributed by atoms with Crippen molar-refractivity contribution >= 4 is 53.3 Å². The van der Waals surface area contributed by atoms with E-state index in [4.69, 9.17) is 0 Å². The first-order valence-corrected chi connectivity index (χ1v) is 8.36. The molecule has 0 saturated heterocycles. The first kappa shape index (κ1) is 14.2. The Labute approximate surface area is 135 Å². The lowest BCUT2D eigenvalue weighted by atomic mass is 10.1. The third-order valence-corrected chi connectivity index (χ3v) is 6.09. The number of fused-ring (bicyclic) bond motifs is 1. The Morgan fingerprint density at radius 2 is 1.75 bits per heavy atom. The Hall–Kier alpha value is -0.780. The Morgan fingerprint density at radius 3 is 2.50 bits per heavy atom. The van der Waals surface area contributed by atoms with Crippen LogP contribution in [-0.2, 0) is 0 Å². The van der Waals surface area contributed by atoms with Gasteiger partial charge in [-0.2, -0.15) is 0 Å². The molecule has 5 heteroatoms. The molecule has 0 aliphatic heterocycles. The summed E-state index contributed by atoms with van der Waals surface area (Å²) in [5, 5.41) is 1.11. The normalized spacial score (nSPS) is 12.8. The number of thiophene rings is 1. The summed E-state index contributed by atoms with van der Waals surface area (Å²) in [7, 11) is 0. The van der Waals surface area contributed by atoms with Gasteiger partial charge in [0.15, 0.2) is 0 Å². The van der Waals surface area contributed by atoms with Gasteiger partial charge in [-0.05, 0) is 45.6 Å². The summed E-state index contributed by atoms with van der Waals surface area (Å²) in [6.45, 7) is 0. The molecule has 0 radical (unpaired) electrons. The van der Waals surface area contributed by atoms with Crippen molar-refractivity contribution in [3.05, 3.63) is 69.0 Å². The molecule has 0 amide bonds. The quantitative estimate of drug-likeness (QED) is 0.333. The van der Waals surface area contributed by atoms with Crippen LogP contribution in [0.3, 0.4) is 0 Å². The van der Waals surface area contributed by atoms with E-state index in [1.807, 2.05) is 30.3 Å². The largest absolute Gasteiger partial charge is 0.207 e. The van der Waals surface area contributed by atoms with Crippen molar-refractivity contribution in [1.29, 1.82) is 0 Å². The molecular formula is C15H8Br2F2S. The van der Waals surface area contributed by atoms with Gasteiger partial charge in [-0.15, -0.1) is 11.3 Å². The van der Waals surface area contributed by atoms with Gasteiger partial charge in [0, 0.05) is 15.1 Å². The number of halogens is 4. The van der Waals surface area contributed by atoms with E-state index in [1.54, 1.807) is 11.3 Å². The Bertz CT molecular complexity index is 750. The van der Waals surface area contributed by atoms with E-state index >= 15 is 0 Å². The fourth-order valence-electron chi connectivity index (χ4n) is 2.01. The van der Waals surface area contributed by atoms with E-state index < -0.39 is 11.6 Å². The Balaban J connectivity index is 2.07. The number of rotatable bonds is 2. The van der Waals surface area contributed by atoms with Crippen LogP contribution in [0.2, 0.25) is 0 Å². The highest BCUT2D eigenvalue weighted by atomic mass is 79.9. The van der Waals surface area contributed by atoms with Crippen molar-refractivity contribution in [1.82, 2.24) is 0 Å². The van der Waals surface area contributed by atoms with Crippen LogP contribution >= 0.6 is 43.2 Å². The summed E-state index contributed by atoms with van der Waals surface area (Å²) < 4.78 is 28.9. The van der Waals surface area contributed by atoms with Gasteiger partial charge in [-0.3, -0.25) is 0 Å². The van der Waals surface area contributed by atoms with Crippen molar-refractivity contribution < 1.29 is 8.78 Å². The molecular weight excluding hydrogens is 410 g/mol. The van der Waals surface area contributed by atoms with Crippen molar-refractivity contribution in [2.24, 2.45) is 0 Å². The third kappa shape index (κ3) is 2.54. The van der Waals surface area contributed by atoms with E-state index in [9.17, 15) is 8.78 Å². The lowest BCUT2D eigenvalue weighted by Crippen LogP contribution is -1.96. The predicted octanol–water partition coefficient (Wildman–Crippen LogP) is 6.43. The maximum absolute atomic E-state index is 14.0. The molecule has 0 aliphatic carbocycles. The zero-order valence-electron chi connectivity index (χ0n) is 10.0. The van der Waals surface area contributed by atoms with Crippen LogP contribution < -0.4 is 0 Å². The van der Waals surface area contributed by atoms with Crippen LogP contribution in [0.25, 0.3) is 10.1 Å². The number of alkyl halides is 1. The van der Waals surface area contributed by atoms with Crippen LogP contribution in [-0.4, -0.2) is 0 Å². The van der Waals surface area contributed by atoms with Gasteiger partial charge in [-0.1, -0.05) is 34.1 Å². The molecule has 102 valence electrons. The minimum Gasteiger partial charge on any atom is -0.207 e. The molecule has 1 unspecified atom stereocenters. The van der Waals surface area contributed by atoms with Crippen LogP contribution in [0, 0.1) is 11.6 Å². The second kappa shape index (κ2) is 5.54. The van der Waals surface area contributed by atoms with E-state index in [1.165, 1.54) is 6.07 Å². The first-order chi connectivity index (χ1) is 9.56. The van der Waals surface area contributed by atoms with Crippen molar-refractivity contribution in [3.8, 4) is 0 Å². The second-order valence-corrected chi connectivity index (χ2v) is 7.22. The lowest BCUT2D eigenvalue weighted by Gasteiger charge is -2.10. The molecule has 1 heterocycles. The zero-order valence-corrected chi connectivity index (χ0v) is 14.0. The van der Waals surface area contributed by atoms with E-state index in [0.717, 1.165) is 21.0 Å². The molecule has 3 rings (SSSR count). The van der Waals surface area contributed by atoms with Crippen LogP contribution in [0.1, 0.15) is 15.3 Å². The third-order valence-electron chi connectivity index (χ3n) is 3.01. The molecule has 0 N–H and O–H groups in total. The minimum atomic E-state index is -0.466. The smallest absolute Gasteiger partial charge is 0.137 e. The topological polar surface area (TPSA) is 0 Å². The Kier molecular flexibility index (Phi) is 3.93. The summed E-state index contributed by atoms with van der Waals surface area (Å²) in [5.41, 5.74) is 0.303.